The minimum atomic E-state index is -1.26. The fourth-order valence-electron chi connectivity index (χ4n) is 4.70. The summed E-state index contributed by atoms with van der Waals surface area (Å²) in [5.41, 5.74) is 7.18. The monoisotopic (exact) mass is 533 g/mol. The summed E-state index contributed by atoms with van der Waals surface area (Å²) < 4.78 is 41.0. The number of amidine groups is 1. The predicted octanol–water partition coefficient (Wildman–Crippen LogP) is 5.41. The maximum Gasteiger partial charge on any atom is 0.283 e. The quantitative estimate of drug-likeness (QED) is 0.364. The second-order valence-corrected chi connectivity index (χ2v) is 9.13. The Balaban J connectivity index is 1.47. The standard InChI is InChI=1S/C27H18ClF2N5O3/c28-20-13-32-7-5-17(20)14-9-19-24(21(30)10-14)37-23-4-2-16(35-25(36)22-3-1-15(29)12-34-22)11-18(23)27(19)6-8-33-26(31)38-27/h1-5,7,9-13H,6,8H2,(H2,31,33)(H,35,36)/t27-/m0/s1. The largest absolute Gasteiger partial charge is 0.453 e. The second kappa shape index (κ2) is 9.07. The first-order chi connectivity index (χ1) is 18.3. The first kappa shape index (κ1) is 23.8. The molecule has 38 heavy (non-hydrogen) atoms. The highest BCUT2D eigenvalue weighted by atomic mass is 35.5. The zero-order valence-electron chi connectivity index (χ0n) is 19.5. The molecule has 2 aliphatic heterocycles. The van der Waals surface area contributed by atoms with E-state index in [-0.39, 0.29) is 17.5 Å². The molecule has 0 saturated heterocycles. The third-order valence-electron chi connectivity index (χ3n) is 6.42. The minimum absolute atomic E-state index is 0.00609. The zero-order chi connectivity index (χ0) is 26.4. The Kier molecular flexibility index (Phi) is 5.68. The SMILES string of the molecule is NC1=NCC[C@]2(O1)c1cc(NC(=O)c3ccc(F)cn3)ccc1Oc1c(F)cc(-c3ccncc3Cl)cc12. The molecule has 11 heteroatoms. The minimum Gasteiger partial charge on any atom is -0.453 e. The van der Waals surface area contributed by atoms with Crippen molar-refractivity contribution in [2.45, 2.75) is 12.0 Å². The van der Waals surface area contributed by atoms with E-state index in [0.29, 0.717) is 51.7 Å². The van der Waals surface area contributed by atoms with Gasteiger partial charge in [0.2, 0.25) is 0 Å². The fraction of sp³-hybridized carbons (Fsp3) is 0.111. The number of fused-ring (bicyclic) bond motifs is 4. The number of carbonyl (C=O) groups is 1. The summed E-state index contributed by atoms with van der Waals surface area (Å²) in [6, 6.07) is 12.0. The van der Waals surface area contributed by atoms with Gasteiger partial charge in [0.05, 0.1) is 11.2 Å². The molecule has 1 spiro atoms. The number of aliphatic imine (C=N–C) groups is 1. The summed E-state index contributed by atoms with van der Waals surface area (Å²) in [6.45, 7) is 0.308. The molecule has 8 nitrogen and oxygen atoms in total. The molecule has 0 bridgehead atoms. The van der Waals surface area contributed by atoms with Crippen LogP contribution in [0.2, 0.25) is 5.02 Å². The van der Waals surface area contributed by atoms with Crippen molar-refractivity contribution in [3.05, 3.63) is 101 Å². The van der Waals surface area contributed by atoms with Crippen LogP contribution in [0.1, 0.15) is 28.0 Å². The summed E-state index contributed by atoms with van der Waals surface area (Å²) in [5.74, 6) is -1.38. The van der Waals surface area contributed by atoms with Gasteiger partial charge in [-0.05, 0) is 54.1 Å². The van der Waals surface area contributed by atoms with Gasteiger partial charge < -0.3 is 20.5 Å². The number of benzene rings is 2. The number of anilines is 1. The van der Waals surface area contributed by atoms with Crippen LogP contribution in [-0.2, 0) is 10.3 Å². The van der Waals surface area contributed by atoms with Gasteiger partial charge in [0.25, 0.3) is 11.9 Å². The van der Waals surface area contributed by atoms with E-state index in [1.54, 1.807) is 36.5 Å². The molecular weight excluding hydrogens is 516 g/mol. The molecule has 4 aromatic rings. The van der Waals surface area contributed by atoms with E-state index in [9.17, 15) is 9.18 Å². The highest BCUT2D eigenvalue weighted by molar-refractivity contribution is 6.33. The van der Waals surface area contributed by atoms with Crippen molar-refractivity contribution in [1.29, 1.82) is 0 Å². The summed E-state index contributed by atoms with van der Waals surface area (Å²) >= 11 is 6.35. The first-order valence-electron chi connectivity index (χ1n) is 11.5. The van der Waals surface area contributed by atoms with Gasteiger partial charge >= 0.3 is 0 Å². The van der Waals surface area contributed by atoms with Crippen LogP contribution in [0.5, 0.6) is 11.5 Å². The average molecular weight is 534 g/mol. The van der Waals surface area contributed by atoms with Gasteiger partial charge in [-0.25, -0.2) is 18.8 Å². The summed E-state index contributed by atoms with van der Waals surface area (Å²) in [7, 11) is 0. The number of nitrogens with two attached hydrogens (primary N) is 1. The average Bonchev–Trinajstić information content (AvgIpc) is 2.90. The number of aromatic nitrogens is 2. The lowest BCUT2D eigenvalue weighted by Gasteiger charge is -2.41. The molecule has 190 valence electrons. The summed E-state index contributed by atoms with van der Waals surface area (Å²) in [6.07, 6.45) is 4.32. The number of rotatable bonds is 3. The lowest BCUT2D eigenvalue weighted by Crippen LogP contribution is -2.42. The smallest absolute Gasteiger partial charge is 0.283 e. The van der Waals surface area contributed by atoms with Gasteiger partial charge in [0.15, 0.2) is 17.2 Å². The van der Waals surface area contributed by atoms with Crippen molar-refractivity contribution in [2.24, 2.45) is 10.7 Å². The van der Waals surface area contributed by atoms with Gasteiger partial charge in [0.1, 0.15) is 17.3 Å². The third-order valence-corrected chi connectivity index (χ3v) is 6.72. The normalized spacial score (nSPS) is 17.5. The van der Waals surface area contributed by atoms with Crippen LogP contribution >= 0.6 is 11.6 Å². The highest BCUT2D eigenvalue weighted by Crippen LogP contribution is 2.54. The second-order valence-electron chi connectivity index (χ2n) is 8.72. The molecular formula is C27H18ClF2N5O3. The molecule has 4 heterocycles. The lowest BCUT2D eigenvalue weighted by molar-refractivity contribution is 0.0628. The summed E-state index contributed by atoms with van der Waals surface area (Å²) in [4.78, 5) is 24.7. The van der Waals surface area contributed by atoms with Crippen LogP contribution < -0.4 is 15.8 Å². The highest BCUT2D eigenvalue weighted by Gasteiger charge is 2.48. The van der Waals surface area contributed by atoms with E-state index in [1.165, 1.54) is 18.3 Å². The molecule has 0 unspecified atom stereocenters. The Morgan fingerprint density at radius 1 is 1.08 bits per heavy atom. The van der Waals surface area contributed by atoms with Crippen LogP contribution in [0.15, 0.2) is 72.1 Å². The van der Waals surface area contributed by atoms with E-state index in [4.69, 9.17) is 26.8 Å². The van der Waals surface area contributed by atoms with Crippen LogP contribution in [0, 0.1) is 11.6 Å². The van der Waals surface area contributed by atoms with Gasteiger partial charge in [-0.15, -0.1) is 0 Å². The number of amides is 1. The molecule has 3 N–H and O–H groups in total. The molecule has 2 aliphatic rings. The number of hydrogen-bond donors (Lipinski definition) is 2. The molecule has 1 amide bonds. The molecule has 2 aromatic heterocycles. The number of carbonyl (C=O) groups excluding carboxylic acids is 1. The van der Waals surface area contributed by atoms with Gasteiger partial charge in [-0.1, -0.05) is 11.6 Å². The van der Waals surface area contributed by atoms with Gasteiger partial charge in [-0.2, -0.15) is 0 Å². The molecule has 1 atom stereocenters. The van der Waals surface area contributed by atoms with Crippen molar-refractivity contribution in [3.63, 3.8) is 0 Å². The maximum absolute atomic E-state index is 15.6. The van der Waals surface area contributed by atoms with Crippen molar-refractivity contribution >= 4 is 29.2 Å². The molecule has 2 aromatic carbocycles. The number of nitrogens with one attached hydrogen (secondary N) is 1. The Morgan fingerprint density at radius 3 is 2.71 bits per heavy atom. The van der Waals surface area contributed by atoms with Crippen molar-refractivity contribution in [1.82, 2.24) is 9.97 Å². The number of hydrogen-bond acceptors (Lipinski definition) is 7. The number of nitrogens with zero attached hydrogens (tertiary/aromatic N) is 3. The molecule has 0 fully saturated rings. The first-order valence-corrected chi connectivity index (χ1v) is 11.9. The Bertz CT molecular complexity index is 1630. The third kappa shape index (κ3) is 3.99. The molecule has 6 rings (SSSR count). The molecule has 0 aliphatic carbocycles. The number of pyridine rings is 2. The number of ether oxygens (including phenoxy) is 2. The van der Waals surface area contributed by atoms with E-state index in [1.807, 2.05) is 0 Å². The van der Waals surface area contributed by atoms with Crippen molar-refractivity contribution in [3.8, 4) is 22.6 Å². The van der Waals surface area contributed by atoms with E-state index >= 15 is 4.39 Å². The topological polar surface area (TPSA) is 112 Å². The predicted molar refractivity (Wildman–Crippen MR) is 136 cm³/mol. The summed E-state index contributed by atoms with van der Waals surface area (Å²) in [5, 5.41) is 3.10. The van der Waals surface area contributed by atoms with Gasteiger partial charge in [-0.3, -0.25) is 9.78 Å². The van der Waals surface area contributed by atoms with Crippen molar-refractivity contribution in [2.75, 3.05) is 11.9 Å². The Labute approximate surface area is 220 Å². The molecule has 0 saturated carbocycles. The van der Waals surface area contributed by atoms with E-state index in [2.05, 4.69) is 20.3 Å². The maximum atomic E-state index is 15.6. The number of halogens is 3. The Hall–Kier alpha value is -4.57. The molecule has 0 radical (unpaired) electrons. The van der Waals surface area contributed by atoms with E-state index < -0.39 is 23.1 Å². The van der Waals surface area contributed by atoms with E-state index in [0.717, 1.165) is 12.3 Å². The van der Waals surface area contributed by atoms with Crippen LogP contribution in [0.25, 0.3) is 11.1 Å². The zero-order valence-corrected chi connectivity index (χ0v) is 20.3. The van der Waals surface area contributed by atoms with Gasteiger partial charge in [0, 0.05) is 47.7 Å². The lowest BCUT2D eigenvalue weighted by atomic mass is 9.79. The van der Waals surface area contributed by atoms with Crippen LogP contribution in [-0.4, -0.2) is 28.4 Å². The van der Waals surface area contributed by atoms with Crippen LogP contribution in [0.4, 0.5) is 14.5 Å². The Morgan fingerprint density at radius 2 is 1.95 bits per heavy atom. The van der Waals surface area contributed by atoms with Crippen LogP contribution in [0.3, 0.4) is 0 Å². The fourth-order valence-corrected chi connectivity index (χ4v) is 4.93. The van der Waals surface area contributed by atoms with Crippen molar-refractivity contribution < 1.29 is 23.0 Å².